The number of aliphatic imine (C=N–C) groups is 1. The molecule has 1 unspecified atom stereocenters. The van der Waals surface area contributed by atoms with Gasteiger partial charge in [-0.2, -0.15) is 0 Å². The highest BCUT2D eigenvalue weighted by Gasteiger charge is 2.46. The predicted molar refractivity (Wildman–Crippen MR) is 282 cm³/mol. The van der Waals surface area contributed by atoms with Crippen molar-refractivity contribution >= 4 is 63.8 Å². The van der Waals surface area contributed by atoms with Gasteiger partial charge in [-0.1, -0.05) is 29.8 Å². The Balaban J connectivity index is 0.000000259. The molecule has 0 spiro atoms. The number of carbonyl (C=O) groups is 6. The van der Waals surface area contributed by atoms with E-state index in [2.05, 4.69) is 33.9 Å². The van der Waals surface area contributed by atoms with Crippen LogP contribution in [-0.2, 0) is 52.3 Å². The maximum atomic E-state index is 13.2. The topological polar surface area (TPSA) is 235 Å². The standard InChI is InChI=1S/C32H43ClN4O6S.C22H26N2O8/c1-5-39-13-14-41-17-18-43-20-19-42-16-15-40-12-6-7-27(38)21-28-31-36-35-24(4)37(31)32-29(22(2)23(3)44-32)30(34-28)25-8-10-26(33)11-9-25;1-2-30-11-12-31-10-4-5-14(25)13-32-17-7-3-6-15-19(17)22(29)24(21(15)28)16-8-9-18(26)23-20(16)27/h8-11,28H,5-7,12-21H2,1-4H3;3,6-7,16H,2,4-5,8-13H2,1H3,(H,23,26,27)/t28-;/m0./s1. The van der Waals surface area contributed by atoms with Crippen LogP contribution >= 0.6 is 22.9 Å². The van der Waals surface area contributed by atoms with E-state index in [1.54, 1.807) is 17.4 Å². The van der Waals surface area contributed by atoms with Crippen LogP contribution in [0.25, 0.3) is 5.00 Å². The number of nitrogens with one attached hydrogen (secondary N) is 1. The average molecular weight is 1090 g/mol. The van der Waals surface area contributed by atoms with Crippen LogP contribution in [0.15, 0.2) is 47.5 Å². The normalized spacial score (nSPS) is 15.9. The summed E-state index contributed by atoms with van der Waals surface area (Å²) in [6.07, 6.45) is 2.15. The Kier molecular flexibility index (Phi) is 24.3. The molecule has 2 aromatic carbocycles. The molecule has 4 amide bonds. The number of halogens is 1. The summed E-state index contributed by atoms with van der Waals surface area (Å²) in [7, 11) is 0. The van der Waals surface area contributed by atoms with E-state index in [9.17, 15) is 28.8 Å². The van der Waals surface area contributed by atoms with Crippen LogP contribution in [0, 0.1) is 20.8 Å². The molecular formula is C54H69ClN6O14S. The number of imide groups is 2. The Hall–Kier alpha value is -5.62. The number of fused-ring (bicyclic) bond motifs is 4. The van der Waals surface area contributed by atoms with Gasteiger partial charge in [0.05, 0.1) is 82.9 Å². The summed E-state index contributed by atoms with van der Waals surface area (Å²) in [5.41, 5.74) is 4.15. The Morgan fingerprint density at radius 1 is 0.711 bits per heavy atom. The number of piperidine rings is 1. The molecule has 412 valence electrons. The Morgan fingerprint density at radius 2 is 1.29 bits per heavy atom. The molecule has 1 saturated heterocycles. The molecule has 3 aliphatic rings. The van der Waals surface area contributed by atoms with Gasteiger partial charge in [0.15, 0.2) is 11.6 Å². The highest BCUT2D eigenvalue weighted by Crippen LogP contribution is 2.40. The molecule has 76 heavy (non-hydrogen) atoms. The van der Waals surface area contributed by atoms with Gasteiger partial charge in [0, 0.05) is 73.1 Å². The van der Waals surface area contributed by atoms with E-state index in [1.807, 2.05) is 45.0 Å². The van der Waals surface area contributed by atoms with Gasteiger partial charge in [0.25, 0.3) is 11.8 Å². The quantitative estimate of drug-likeness (QED) is 0.0405. The van der Waals surface area contributed by atoms with Crippen molar-refractivity contribution in [2.24, 2.45) is 4.99 Å². The van der Waals surface area contributed by atoms with Gasteiger partial charge in [0.1, 0.15) is 41.0 Å². The molecular weight excluding hydrogens is 1020 g/mol. The van der Waals surface area contributed by atoms with E-state index in [4.69, 9.17) is 54.5 Å². The Morgan fingerprint density at radius 3 is 1.88 bits per heavy atom. The average Bonchev–Trinajstić information content (AvgIpc) is 4.03. The van der Waals surface area contributed by atoms with Crippen LogP contribution < -0.4 is 10.1 Å². The Labute approximate surface area is 452 Å². The maximum Gasteiger partial charge on any atom is 0.266 e. The van der Waals surface area contributed by atoms with E-state index >= 15 is 0 Å². The zero-order valence-electron chi connectivity index (χ0n) is 44.0. The summed E-state index contributed by atoms with van der Waals surface area (Å²) in [5, 5.41) is 12.7. The van der Waals surface area contributed by atoms with Crippen LogP contribution in [0.2, 0.25) is 5.02 Å². The number of benzene rings is 2. The number of hydrogen-bond donors (Lipinski definition) is 1. The van der Waals surface area contributed by atoms with E-state index in [0.29, 0.717) is 123 Å². The fourth-order valence-corrected chi connectivity index (χ4v) is 9.76. The molecule has 0 bridgehead atoms. The first-order valence-corrected chi connectivity index (χ1v) is 26.9. The fourth-order valence-electron chi connectivity index (χ4n) is 8.42. The van der Waals surface area contributed by atoms with Crippen molar-refractivity contribution < 1.29 is 66.7 Å². The van der Waals surface area contributed by atoms with Crippen molar-refractivity contribution in [3.63, 3.8) is 0 Å². The van der Waals surface area contributed by atoms with E-state index in [-0.39, 0.29) is 60.7 Å². The maximum absolute atomic E-state index is 13.2. The van der Waals surface area contributed by atoms with Crippen molar-refractivity contribution in [1.29, 1.82) is 0 Å². The number of nitrogens with zero attached hydrogens (tertiary/aromatic N) is 5. The second kappa shape index (κ2) is 31.0. The summed E-state index contributed by atoms with van der Waals surface area (Å²) >= 11 is 7.89. The van der Waals surface area contributed by atoms with Crippen molar-refractivity contribution in [2.75, 3.05) is 99.1 Å². The van der Waals surface area contributed by atoms with Crippen LogP contribution in [0.3, 0.4) is 0 Å². The van der Waals surface area contributed by atoms with Gasteiger partial charge in [-0.25, -0.2) is 0 Å². The second-order valence-corrected chi connectivity index (χ2v) is 19.4. The predicted octanol–water partition coefficient (Wildman–Crippen LogP) is 6.51. The number of rotatable bonds is 32. The Bertz CT molecular complexity index is 2640. The molecule has 1 fully saturated rings. The molecule has 0 saturated carbocycles. The third kappa shape index (κ3) is 16.7. The summed E-state index contributed by atoms with van der Waals surface area (Å²) in [6, 6.07) is 10.7. The van der Waals surface area contributed by atoms with Crippen LogP contribution in [0.1, 0.15) is 119 Å². The first kappa shape index (κ1) is 59.6. The number of Topliss-reactive ketones (excluding diaryl/α,β-unsaturated/α-hetero) is 2. The van der Waals surface area contributed by atoms with E-state index in [0.717, 1.165) is 38.1 Å². The molecule has 5 heterocycles. The lowest BCUT2D eigenvalue weighted by atomic mass is 9.99. The van der Waals surface area contributed by atoms with Gasteiger partial charge in [-0.05, 0) is 83.7 Å². The monoisotopic (exact) mass is 1090 g/mol. The molecule has 2 aromatic heterocycles. The summed E-state index contributed by atoms with van der Waals surface area (Å²) < 4.78 is 45.4. The smallest absolute Gasteiger partial charge is 0.266 e. The lowest BCUT2D eigenvalue weighted by Gasteiger charge is -2.27. The van der Waals surface area contributed by atoms with Crippen LogP contribution in [-0.4, -0.2) is 166 Å². The minimum absolute atomic E-state index is 0.0225. The number of aryl methyl sites for hydroxylation is 2. The highest BCUT2D eigenvalue weighted by molar-refractivity contribution is 7.15. The number of carbonyl (C=O) groups excluding carboxylic acids is 6. The minimum Gasteiger partial charge on any atom is -0.485 e. The molecule has 2 atom stereocenters. The molecule has 1 N–H and O–H groups in total. The van der Waals surface area contributed by atoms with E-state index in [1.165, 1.54) is 17.0 Å². The highest BCUT2D eigenvalue weighted by atomic mass is 35.5. The second-order valence-electron chi connectivity index (χ2n) is 17.8. The SMILES string of the molecule is CCOCCOCCCC(=O)COc1cccc2c1C(=O)N(C1CCC(=O)NC1=O)C2=O.CCOCCOCCOCCOCCOCCCC(=O)C[C@@H]1N=C(c2ccc(Cl)cc2)c2c(sc(C)c2C)-n2c(C)nnc21. The van der Waals surface area contributed by atoms with Crippen LogP contribution in [0.4, 0.5) is 0 Å². The number of amides is 4. The zero-order chi connectivity index (χ0) is 54.4. The lowest BCUT2D eigenvalue weighted by Crippen LogP contribution is -2.54. The first-order chi connectivity index (χ1) is 36.8. The van der Waals surface area contributed by atoms with Crippen molar-refractivity contribution in [2.45, 2.75) is 91.6 Å². The molecule has 20 nitrogen and oxygen atoms in total. The number of hydrogen-bond acceptors (Lipinski definition) is 18. The van der Waals surface area contributed by atoms with Gasteiger partial charge in [0.2, 0.25) is 11.8 Å². The molecule has 0 radical (unpaired) electrons. The number of ketones is 2. The molecule has 7 rings (SSSR count). The summed E-state index contributed by atoms with van der Waals surface area (Å²) in [5.74, 6) is -0.913. The van der Waals surface area contributed by atoms with Crippen molar-refractivity contribution in [3.05, 3.63) is 91.8 Å². The van der Waals surface area contributed by atoms with E-state index < -0.39 is 35.7 Å². The number of aromatic nitrogens is 3. The molecule has 3 aliphatic heterocycles. The molecule has 22 heteroatoms. The van der Waals surface area contributed by atoms with Gasteiger partial charge >= 0.3 is 0 Å². The van der Waals surface area contributed by atoms with Crippen molar-refractivity contribution in [1.82, 2.24) is 25.0 Å². The van der Waals surface area contributed by atoms with Crippen LogP contribution in [0.5, 0.6) is 5.75 Å². The van der Waals surface area contributed by atoms with Gasteiger partial charge in [-0.15, -0.1) is 21.5 Å². The first-order valence-electron chi connectivity index (χ1n) is 25.8. The van der Waals surface area contributed by atoms with Crippen molar-refractivity contribution in [3.8, 4) is 10.8 Å². The largest absolute Gasteiger partial charge is 0.485 e. The number of ether oxygens (including phenoxy) is 8. The van der Waals surface area contributed by atoms with Gasteiger partial charge < -0.3 is 37.9 Å². The minimum atomic E-state index is -1.06. The zero-order valence-corrected chi connectivity index (χ0v) is 45.6. The van der Waals surface area contributed by atoms with Gasteiger partial charge in [-0.3, -0.25) is 48.5 Å². The molecule has 0 aliphatic carbocycles. The lowest BCUT2D eigenvalue weighted by molar-refractivity contribution is -0.136. The summed E-state index contributed by atoms with van der Waals surface area (Å²) in [6.45, 7) is 17.2. The molecule has 4 aromatic rings. The third-order valence-corrected chi connectivity index (χ3v) is 13.8. The third-order valence-electron chi connectivity index (χ3n) is 12.4. The number of thiophene rings is 1. The fraction of sp³-hybridized carbons (Fsp3) is 0.537. The summed E-state index contributed by atoms with van der Waals surface area (Å²) in [4.78, 5) is 81.8.